The molecule has 0 N–H and O–H groups in total. The molecule has 0 aliphatic rings. The van der Waals surface area contributed by atoms with Gasteiger partial charge in [-0.15, -0.1) is 11.3 Å². The van der Waals surface area contributed by atoms with Crippen LogP contribution in [0.1, 0.15) is 30.0 Å². The lowest BCUT2D eigenvalue weighted by Crippen LogP contribution is -2.30. The molecule has 2 heterocycles. The van der Waals surface area contributed by atoms with Gasteiger partial charge < -0.3 is 14.0 Å². The molecule has 0 unspecified atom stereocenters. The Morgan fingerprint density at radius 3 is 2.61 bits per heavy atom. The summed E-state index contributed by atoms with van der Waals surface area (Å²) < 4.78 is 38.9. The average Bonchev–Trinajstić information content (AvgIpc) is 3.40. The van der Waals surface area contributed by atoms with Crippen molar-refractivity contribution in [2.45, 2.75) is 25.3 Å². The van der Waals surface area contributed by atoms with Crippen molar-refractivity contribution in [1.82, 2.24) is 13.9 Å². The van der Waals surface area contributed by atoms with Crippen LogP contribution in [0.2, 0.25) is 0 Å². The van der Waals surface area contributed by atoms with Gasteiger partial charge in [-0.25, -0.2) is 18.2 Å². The van der Waals surface area contributed by atoms with Crippen molar-refractivity contribution in [3.05, 3.63) is 53.3 Å². The number of hydrogen-bond donors (Lipinski definition) is 0. The fourth-order valence-corrected chi connectivity index (χ4v) is 5.49. The van der Waals surface area contributed by atoms with Crippen LogP contribution in [0.4, 0.5) is 0 Å². The number of esters is 1. The second-order valence-electron chi connectivity index (χ2n) is 6.68. The van der Waals surface area contributed by atoms with Crippen LogP contribution in [0, 0.1) is 0 Å². The number of thiazole rings is 1. The number of nitrogens with zero attached hydrogens (tertiary/aromatic N) is 3. The van der Waals surface area contributed by atoms with Gasteiger partial charge in [0.15, 0.2) is 0 Å². The van der Waals surface area contributed by atoms with E-state index < -0.39 is 16.0 Å². The number of aromatic nitrogens is 2. The van der Waals surface area contributed by atoms with Crippen LogP contribution in [0.3, 0.4) is 0 Å². The Bertz CT molecular complexity index is 1160. The van der Waals surface area contributed by atoms with Gasteiger partial charge in [-0.1, -0.05) is 26.0 Å². The van der Waals surface area contributed by atoms with Crippen molar-refractivity contribution in [2.24, 2.45) is 7.05 Å². The molecule has 0 aliphatic heterocycles. The SMILES string of the molecule is CCN(CC)S(=O)(=O)c1cc(C(=O)OCc2csc(-c3ccccc3OC)n2)n(C)c1. The number of carbonyl (C=O) groups excluding carboxylic acids is 1. The number of ether oxygens (including phenoxy) is 2. The van der Waals surface area contributed by atoms with Crippen LogP contribution in [0.5, 0.6) is 5.75 Å². The molecule has 0 fully saturated rings. The summed E-state index contributed by atoms with van der Waals surface area (Å²) in [6.45, 7) is 4.23. The van der Waals surface area contributed by atoms with Gasteiger partial charge in [0.1, 0.15) is 28.0 Å². The number of para-hydroxylation sites is 1. The van der Waals surface area contributed by atoms with Crippen LogP contribution in [0.25, 0.3) is 10.6 Å². The summed E-state index contributed by atoms with van der Waals surface area (Å²) >= 11 is 1.43. The lowest BCUT2D eigenvalue weighted by atomic mass is 10.2. The summed E-state index contributed by atoms with van der Waals surface area (Å²) in [5.41, 5.74) is 1.62. The molecule has 0 saturated carbocycles. The summed E-state index contributed by atoms with van der Waals surface area (Å²) in [7, 11) is -0.443. The standard InChI is InChI=1S/C21H25N3O5S2/c1-5-24(6-2)31(26,27)16-11-18(23(3)12-16)21(25)29-13-15-14-30-20(22-15)17-9-7-8-10-19(17)28-4/h7-12,14H,5-6,13H2,1-4H3. The highest BCUT2D eigenvalue weighted by molar-refractivity contribution is 7.89. The van der Waals surface area contributed by atoms with E-state index in [1.807, 2.05) is 29.6 Å². The molecule has 31 heavy (non-hydrogen) atoms. The summed E-state index contributed by atoms with van der Waals surface area (Å²) in [5, 5.41) is 2.58. The maximum absolute atomic E-state index is 12.7. The first-order valence-electron chi connectivity index (χ1n) is 9.73. The van der Waals surface area contributed by atoms with Crippen molar-refractivity contribution < 1.29 is 22.7 Å². The van der Waals surface area contributed by atoms with Gasteiger partial charge in [-0.2, -0.15) is 4.31 Å². The molecule has 0 amide bonds. The number of hydrogen-bond acceptors (Lipinski definition) is 7. The van der Waals surface area contributed by atoms with Gasteiger partial charge in [0.2, 0.25) is 10.0 Å². The Morgan fingerprint density at radius 1 is 1.23 bits per heavy atom. The zero-order chi connectivity index (χ0) is 22.6. The van der Waals surface area contributed by atoms with E-state index in [2.05, 4.69) is 4.98 Å². The van der Waals surface area contributed by atoms with E-state index in [1.165, 1.54) is 32.5 Å². The average molecular weight is 464 g/mol. The van der Waals surface area contributed by atoms with E-state index in [9.17, 15) is 13.2 Å². The molecular weight excluding hydrogens is 438 g/mol. The monoisotopic (exact) mass is 463 g/mol. The molecule has 0 bridgehead atoms. The Morgan fingerprint density at radius 2 is 1.94 bits per heavy atom. The maximum atomic E-state index is 12.7. The highest BCUT2D eigenvalue weighted by Crippen LogP contribution is 2.32. The van der Waals surface area contributed by atoms with Crippen molar-refractivity contribution in [3.8, 4) is 16.3 Å². The van der Waals surface area contributed by atoms with Crippen LogP contribution >= 0.6 is 11.3 Å². The zero-order valence-corrected chi connectivity index (χ0v) is 19.5. The third kappa shape index (κ3) is 4.81. The maximum Gasteiger partial charge on any atom is 0.355 e. The Hall–Kier alpha value is -2.69. The number of aryl methyl sites for hydroxylation is 1. The van der Waals surface area contributed by atoms with Crippen molar-refractivity contribution >= 4 is 27.3 Å². The lowest BCUT2D eigenvalue weighted by Gasteiger charge is -2.17. The van der Waals surface area contributed by atoms with E-state index in [1.54, 1.807) is 28.0 Å². The Kier molecular flexibility index (Phi) is 7.14. The van der Waals surface area contributed by atoms with E-state index in [0.29, 0.717) is 24.5 Å². The number of sulfonamides is 1. The second kappa shape index (κ2) is 9.63. The van der Waals surface area contributed by atoms with Crippen molar-refractivity contribution in [2.75, 3.05) is 20.2 Å². The first-order chi connectivity index (χ1) is 14.8. The molecule has 0 saturated heterocycles. The molecule has 0 atom stereocenters. The Labute approximate surface area is 186 Å². The first-order valence-corrected chi connectivity index (χ1v) is 12.0. The second-order valence-corrected chi connectivity index (χ2v) is 9.48. The minimum Gasteiger partial charge on any atom is -0.496 e. The topological polar surface area (TPSA) is 90.7 Å². The molecule has 8 nitrogen and oxygen atoms in total. The molecule has 0 spiro atoms. The van der Waals surface area contributed by atoms with Crippen molar-refractivity contribution in [1.29, 1.82) is 0 Å². The Balaban J connectivity index is 1.72. The third-order valence-corrected chi connectivity index (χ3v) is 7.71. The van der Waals surface area contributed by atoms with E-state index in [4.69, 9.17) is 9.47 Å². The number of rotatable bonds is 9. The highest BCUT2D eigenvalue weighted by Gasteiger charge is 2.26. The van der Waals surface area contributed by atoms with Crippen LogP contribution < -0.4 is 4.74 Å². The fourth-order valence-electron chi connectivity index (χ4n) is 3.12. The number of carbonyl (C=O) groups is 1. The van der Waals surface area contributed by atoms with Gasteiger partial charge in [-0.05, 0) is 18.2 Å². The van der Waals surface area contributed by atoms with Gasteiger partial charge in [0, 0.05) is 31.7 Å². The molecule has 0 aliphatic carbocycles. The minimum absolute atomic E-state index is 0.0200. The molecule has 3 rings (SSSR count). The molecule has 10 heteroatoms. The quantitative estimate of drug-likeness (QED) is 0.451. The molecular formula is C21H25N3O5S2. The zero-order valence-electron chi connectivity index (χ0n) is 17.9. The predicted molar refractivity (Wildman–Crippen MR) is 119 cm³/mol. The summed E-state index contributed by atoms with van der Waals surface area (Å²) in [6, 6.07) is 8.90. The molecule has 2 aromatic heterocycles. The highest BCUT2D eigenvalue weighted by atomic mass is 32.2. The molecule has 1 aromatic carbocycles. The summed E-state index contributed by atoms with van der Waals surface area (Å²) in [4.78, 5) is 17.2. The van der Waals surface area contributed by atoms with Crippen LogP contribution in [0.15, 0.2) is 46.8 Å². The normalized spacial score (nSPS) is 11.6. The fraction of sp³-hybridized carbons (Fsp3) is 0.333. The lowest BCUT2D eigenvalue weighted by molar-refractivity contribution is 0.0457. The van der Waals surface area contributed by atoms with Gasteiger partial charge in [-0.3, -0.25) is 0 Å². The number of benzene rings is 1. The summed E-state index contributed by atoms with van der Waals surface area (Å²) in [5.74, 6) is 0.0986. The number of methoxy groups -OCH3 is 1. The van der Waals surface area contributed by atoms with Crippen molar-refractivity contribution in [3.63, 3.8) is 0 Å². The van der Waals surface area contributed by atoms with E-state index in [0.717, 1.165) is 10.6 Å². The molecule has 3 aromatic rings. The van der Waals surface area contributed by atoms with Crippen LogP contribution in [-0.4, -0.2) is 48.4 Å². The predicted octanol–water partition coefficient (Wildman–Crippen LogP) is 3.54. The van der Waals surface area contributed by atoms with E-state index >= 15 is 0 Å². The summed E-state index contributed by atoms with van der Waals surface area (Å²) in [6.07, 6.45) is 1.42. The molecule has 166 valence electrons. The van der Waals surface area contributed by atoms with E-state index in [-0.39, 0.29) is 17.2 Å². The largest absolute Gasteiger partial charge is 0.496 e. The van der Waals surface area contributed by atoms with Gasteiger partial charge in [0.25, 0.3) is 0 Å². The minimum atomic E-state index is -3.66. The smallest absolute Gasteiger partial charge is 0.355 e. The van der Waals surface area contributed by atoms with Crippen LogP contribution in [-0.2, 0) is 28.4 Å². The first kappa shape index (κ1) is 23.0. The third-order valence-electron chi connectivity index (χ3n) is 4.77. The van der Waals surface area contributed by atoms with Gasteiger partial charge >= 0.3 is 5.97 Å². The molecule has 0 radical (unpaired) electrons. The van der Waals surface area contributed by atoms with Gasteiger partial charge in [0.05, 0.1) is 18.4 Å².